The predicted molar refractivity (Wildman–Crippen MR) is 105 cm³/mol. The molecule has 136 valence electrons. The Morgan fingerprint density at radius 1 is 0.962 bits per heavy atom. The van der Waals surface area contributed by atoms with Crippen LogP contribution in [0.5, 0.6) is 0 Å². The summed E-state index contributed by atoms with van der Waals surface area (Å²) in [6.07, 6.45) is 3.33. The number of fused-ring (bicyclic) bond motifs is 1. The number of para-hydroxylation sites is 1. The molecule has 1 atom stereocenters. The number of hydrogen-bond acceptors (Lipinski definition) is 3. The Morgan fingerprint density at radius 2 is 1.69 bits per heavy atom. The van der Waals surface area contributed by atoms with Gasteiger partial charge >= 0.3 is 0 Å². The largest absolute Gasteiger partial charge is 0.369 e. The molecule has 1 saturated heterocycles. The van der Waals surface area contributed by atoms with Crippen LogP contribution in [0.2, 0.25) is 0 Å². The van der Waals surface area contributed by atoms with E-state index in [2.05, 4.69) is 63.6 Å². The number of carbonyl (C=O) groups is 1. The van der Waals surface area contributed by atoms with E-state index >= 15 is 0 Å². The maximum absolute atomic E-state index is 12.6. The summed E-state index contributed by atoms with van der Waals surface area (Å²) in [5.41, 5.74) is 3.97. The van der Waals surface area contributed by atoms with Crippen LogP contribution in [0.25, 0.3) is 0 Å². The van der Waals surface area contributed by atoms with E-state index in [1.165, 1.54) is 16.8 Å². The maximum atomic E-state index is 12.6. The van der Waals surface area contributed by atoms with Gasteiger partial charge in [-0.25, -0.2) is 0 Å². The van der Waals surface area contributed by atoms with Gasteiger partial charge in [0.25, 0.3) is 0 Å². The summed E-state index contributed by atoms with van der Waals surface area (Å²) in [6.45, 7) is 4.32. The molecule has 2 aliphatic rings. The van der Waals surface area contributed by atoms with Gasteiger partial charge in [0.05, 0.1) is 12.6 Å². The monoisotopic (exact) mass is 349 g/mol. The van der Waals surface area contributed by atoms with Crippen molar-refractivity contribution < 1.29 is 4.79 Å². The zero-order chi connectivity index (χ0) is 17.8. The molecule has 1 aliphatic carbocycles. The summed E-state index contributed by atoms with van der Waals surface area (Å²) in [4.78, 5) is 17.2. The standard InChI is InChI=1S/C22H27N3O/c26-22(23-21-12-6-8-18-7-4-5-11-20(18)21)17-24-13-15-25(16-14-24)19-9-2-1-3-10-19/h1-5,7,9-11,21H,6,8,12-17H2,(H,23,26)/t21-/m0/s1. The Kier molecular flexibility index (Phi) is 5.21. The number of rotatable bonds is 4. The molecule has 0 saturated carbocycles. The smallest absolute Gasteiger partial charge is 0.234 e. The van der Waals surface area contributed by atoms with Crippen LogP contribution in [0.1, 0.15) is 30.0 Å². The van der Waals surface area contributed by atoms with E-state index in [-0.39, 0.29) is 11.9 Å². The quantitative estimate of drug-likeness (QED) is 0.922. The van der Waals surface area contributed by atoms with Crippen LogP contribution in [-0.4, -0.2) is 43.5 Å². The molecule has 1 amide bonds. The minimum atomic E-state index is 0.153. The molecule has 1 fully saturated rings. The van der Waals surface area contributed by atoms with Gasteiger partial charge in [-0.1, -0.05) is 42.5 Å². The summed E-state index contributed by atoms with van der Waals surface area (Å²) in [5, 5.41) is 3.27. The van der Waals surface area contributed by atoms with Crippen molar-refractivity contribution in [3.63, 3.8) is 0 Å². The lowest BCUT2D eigenvalue weighted by Gasteiger charge is -2.36. The fourth-order valence-corrected chi connectivity index (χ4v) is 4.15. The van der Waals surface area contributed by atoms with Gasteiger partial charge < -0.3 is 10.2 Å². The van der Waals surface area contributed by atoms with Gasteiger partial charge in [-0.05, 0) is 42.5 Å². The second kappa shape index (κ2) is 7.92. The average molecular weight is 349 g/mol. The Balaban J connectivity index is 1.29. The first kappa shape index (κ1) is 17.1. The number of hydrogen-bond donors (Lipinski definition) is 1. The third-order valence-electron chi connectivity index (χ3n) is 5.57. The van der Waals surface area contributed by atoms with Crippen molar-refractivity contribution in [3.05, 3.63) is 65.7 Å². The number of amides is 1. The number of anilines is 1. The molecule has 0 unspecified atom stereocenters. The molecule has 26 heavy (non-hydrogen) atoms. The number of carbonyl (C=O) groups excluding carboxylic acids is 1. The number of benzene rings is 2. The van der Waals surface area contributed by atoms with E-state index in [1.54, 1.807) is 0 Å². The molecule has 4 rings (SSSR count). The lowest BCUT2D eigenvalue weighted by molar-refractivity contribution is -0.123. The van der Waals surface area contributed by atoms with Crippen LogP contribution >= 0.6 is 0 Å². The summed E-state index contributed by atoms with van der Waals surface area (Å²) in [7, 11) is 0. The Bertz CT molecular complexity index is 738. The molecule has 1 N–H and O–H groups in total. The Morgan fingerprint density at radius 3 is 2.50 bits per heavy atom. The first-order chi connectivity index (χ1) is 12.8. The van der Waals surface area contributed by atoms with Crippen molar-refractivity contribution in [3.8, 4) is 0 Å². The van der Waals surface area contributed by atoms with Gasteiger partial charge in [-0.2, -0.15) is 0 Å². The van der Waals surface area contributed by atoms with Crippen molar-refractivity contribution in [2.45, 2.75) is 25.3 Å². The van der Waals surface area contributed by atoms with Crippen molar-refractivity contribution in [1.82, 2.24) is 10.2 Å². The van der Waals surface area contributed by atoms with Crippen molar-refractivity contribution >= 4 is 11.6 Å². The zero-order valence-corrected chi connectivity index (χ0v) is 15.2. The lowest BCUT2D eigenvalue weighted by atomic mass is 9.88. The number of piperazine rings is 1. The van der Waals surface area contributed by atoms with Crippen LogP contribution in [-0.2, 0) is 11.2 Å². The zero-order valence-electron chi connectivity index (χ0n) is 15.2. The van der Waals surface area contributed by atoms with Crippen LogP contribution in [0.3, 0.4) is 0 Å². The van der Waals surface area contributed by atoms with E-state index in [0.717, 1.165) is 45.4 Å². The predicted octanol–water partition coefficient (Wildman–Crippen LogP) is 3.00. The van der Waals surface area contributed by atoms with E-state index in [4.69, 9.17) is 0 Å². The molecule has 1 aliphatic heterocycles. The van der Waals surface area contributed by atoms with Gasteiger partial charge in [0.1, 0.15) is 0 Å². The second-order valence-electron chi connectivity index (χ2n) is 7.31. The normalized spacial score (nSPS) is 20.5. The minimum absolute atomic E-state index is 0.153. The molecule has 0 spiro atoms. The van der Waals surface area contributed by atoms with Crippen LogP contribution in [0.15, 0.2) is 54.6 Å². The number of nitrogens with one attached hydrogen (secondary N) is 1. The highest BCUT2D eigenvalue weighted by Gasteiger charge is 2.23. The molecule has 4 heteroatoms. The fourth-order valence-electron chi connectivity index (χ4n) is 4.15. The minimum Gasteiger partial charge on any atom is -0.369 e. The highest BCUT2D eigenvalue weighted by Crippen LogP contribution is 2.29. The van der Waals surface area contributed by atoms with Gasteiger partial charge in [0, 0.05) is 31.9 Å². The van der Waals surface area contributed by atoms with Gasteiger partial charge in [0.2, 0.25) is 5.91 Å². The molecule has 2 aromatic rings. The number of aryl methyl sites for hydroxylation is 1. The molecule has 0 bridgehead atoms. The Hall–Kier alpha value is -2.33. The lowest BCUT2D eigenvalue weighted by Crippen LogP contribution is -2.50. The molecule has 2 aromatic carbocycles. The SMILES string of the molecule is O=C(CN1CCN(c2ccccc2)CC1)N[C@H]1CCCc2ccccc21. The van der Waals surface area contributed by atoms with Crippen molar-refractivity contribution in [2.24, 2.45) is 0 Å². The highest BCUT2D eigenvalue weighted by atomic mass is 16.2. The summed E-state index contributed by atoms with van der Waals surface area (Å²) in [6, 6.07) is 19.2. The fraction of sp³-hybridized carbons (Fsp3) is 0.409. The average Bonchev–Trinajstić information content (AvgIpc) is 2.69. The maximum Gasteiger partial charge on any atom is 0.234 e. The summed E-state index contributed by atoms with van der Waals surface area (Å²) >= 11 is 0. The topological polar surface area (TPSA) is 35.6 Å². The molecular weight excluding hydrogens is 322 g/mol. The third-order valence-corrected chi connectivity index (χ3v) is 5.57. The van der Waals surface area contributed by atoms with Crippen LogP contribution in [0.4, 0.5) is 5.69 Å². The summed E-state index contributed by atoms with van der Waals surface area (Å²) < 4.78 is 0. The van der Waals surface area contributed by atoms with Crippen LogP contribution < -0.4 is 10.2 Å². The molecule has 1 heterocycles. The van der Waals surface area contributed by atoms with E-state index in [9.17, 15) is 4.79 Å². The first-order valence-electron chi connectivity index (χ1n) is 9.69. The van der Waals surface area contributed by atoms with Crippen molar-refractivity contribution in [2.75, 3.05) is 37.6 Å². The Labute approximate surface area is 155 Å². The second-order valence-corrected chi connectivity index (χ2v) is 7.31. The molecule has 0 aromatic heterocycles. The van der Waals surface area contributed by atoms with E-state index < -0.39 is 0 Å². The molecule has 4 nitrogen and oxygen atoms in total. The summed E-state index contributed by atoms with van der Waals surface area (Å²) in [5.74, 6) is 0.153. The van der Waals surface area contributed by atoms with Crippen molar-refractivity contribution in [1.29, 1.82) is 0 Å². The first-order valence-corrected chi connectivity index (χ1v) is 9.69. The van der Waals surface area contributed by atoms with Gasteiger partial charge in [-0.3, -0.25) is 9.69 Å². The highest BCUT2D eigenvalue weighted by molar-refractivity contribution is 5.78. The van der Waals surface area contributed by atoms with E-state index in [1.807, 2.05) is 6.07 Å². The third kappa shape index (κ3) is 3.91. The van der Waals surface area contributed by atoms with Gasteiger partial charge in [-0.15, -0.1) is 0 Å². The molecule has 0 radical (unpaired) electrons. The molecular formula is C22H27N3O. The van der Waals surface area contributed by atoms with Crippen LogP contribution in [0, 0.1) is 0 Å². The van der Waals surface area contributed by atoms with E-state index in [0.29, 0.717) is 6.54 Å². The van der Waals surface area contributed by atoms with Gasteiger partial charge in [0.15, 0.2) is 0 Å². The number of nitrogens with zero attached hydrogens (tertiary/aromatic N) is 2.